The largest absolute Gasteiger partial charge is 0.465 e. The SMILES string of the molecule is COC(=O)c1sccc1S(=O)(=O)N(C)[C@H](C)c1ccccc1. The highest BCUT2D eigenvalue weighted by atomic mass is 32.2. The van der Waals surface area contributed by atoms with Gasteiger partial charge in [0.2, 0.25) is 10.0 Å². The van der Waals surface area contributed by atoms with Gasteiger partial charge >= 0.3 is 5.97 Å². The van der Waals surface area contributed by atoms with Crippen LogP contribution in [0.15, 0.2) is 46.7 Å². The summed E-state index contributed by atoms with van der Waals surface area (Å²) in [4.78, 5) is 11.8. The van der Waals surface area contributed by atoms with E-state index < -0.39 is 16.0 Å². The van der Waals surface area contributed by atoms with Gasteiger partial charge < -0.3 is 4.74 Å². The summed E-state index contributed by atoms with van der Waals surface area (Å²) >= 11 is 1.05. The third-order valence-corrected chi connectivity index (χ3v) is 6.48. The van der Waals surface area contributed by atoms with Gasteiger partial charge in [0.25, 0.3) is 0 Å². The summed E-state index contributed by atoms with van der Waals surface area (Å²) in [5, 5.41) is 1.57. The zero-order chi connectivity index (χ0) is 16.3. The van der Waals surface area contributed by atoms with E-state index in [2.05, 4.69) is 4.74 Å². The Bertz CT molecular complexity index is 753. The number of rotatable bonds is 5. The quantitative estimate of drug-likeness (QED) is 0.786. The topological polar surface area (TPSA) is 63.7 Å². The van der Waals surface area contributed by atoms with Crippen LogP contribution in [0.3, 0.4) is 0 Å². The van der Waals surface area contributed by atoms with Gasteiger partial charge in [0.05, 0.1) is 7.11 Å². The molecule has 0 amide bonds. The standard InChI is InChI=1S/C15H17NO4S2/c1-11(12-7-5-4-6-8-12)16(2)22(18,19)13-9-10-21-14(13)15(17)20-3/h4-11H,1-3H3/t11-/m1/s1. The van der Waals surface area contributed by atoms with Crippen LogP contribution in [0.5, 0.6) is 0 Å². The summed E-state index contributed by atoms with van der Waals surface area (Å²) in [7, 11) is -1.05. The maximum absolute atomic E-state index is 12.8. The molecule has 0 saturated heterocycles. The molecule has 1 atom stereocenters. The van der Waals surface area contributed by atoms with Gasteiger partial charge in [0.15, 0.2) is 0 Å². The predicted molar refractivity (Wildman–Crippen MR) is 85.5 cm³/mol. The molecule has 2 rings (SSSR count). The number of carbonyl (C=O) groups is 1. The summed E-state index contributed by atoms with van der Waals surface area (Å²) in [6.45, 7) is 1.80. The number of hydrogen-bond acceptors (Lipinski definition) is 5. The van der Waals surface area contributed by atoms with Crippen LogP contribution in [0.2, 0.25) is 0 Å². The number of thiophene rings is 1. The Morgan fingerprint density at radius 2 is 1.86 bits per heavy atom. The van der Waals surface area contributed by atoms with Crippen molar-refractivity contribution in [2.45, 2.75) is 17.9 Å². The van der Waals surface area contributed by atoms with Gasteiger partial charge in [-0.05, 0) is 23.9 Å². The van der Waals surface area contributed by atoms with Crippen molar-refractivity contribution in [3.63, 3.8) is 0 Å². The molecule has 0 aliphatic carbocycles. The van der Waals surface area contributed by atoms with Crippen LogP contribution < -0.4 is 0 Å². The highest BCUT2D eigenvalue weighted by molar-refractivity contribution is 7.89. The maximum Gasteiger partial charge on any atom is 0.349 e. The smallest absolute Gasteiger partial charge is 0.349 e. The highest BCUT2D eigenvalue weighted by Gasteiger charge is 2.31. The van der Waals surface area contributed by atoms with Crippen molar-refractivity contribution in [3.05, 3.63) is 52.2 Å². The third-order valence-electron chi connectivity index (χ3n) is 3.48. The first-order valence-corrected chi connectivity index (χ1v) is 8.90. The van der Waals surface area contributed by atoms with Crippen molar-refractivity contribution in [2.75, 3.05) is 14.2 Å². The first-order chi connectivity index (χ1) is 10.4. The van der Waals surface area contributed by atoms with Gasteiger partial charge in [-0.3, -0.25) is 0 Å². The fourth-order valence-electron chi connectivity index (χ4n) is 2.05. The number of sulfonamides is 1. The van der Waals surface area contributed by atoms with Crippen molar-refractivity contribution in [3.8, 4) is 0 Å². The fraction of sp³-hybridized carbons (Fsp3) is 0.267. The normalized spacial score (nSPS) is 13.1. The maximum atomic E-state index is 12.8. The molecule has 22 heavy (non-hydrogen) atoms. The molecular formula is C15H17NO4S2. The van der Waals surface area contributed by atoms with E-state index >= 15 is 0 Å². The van der Waals surface area contributed by atoms with Crippen molar-refractivity contribution in [1.82, 2.24) is 4.31 Å². The second-order valence-corrected chi connectivity index (χ2v) is 7.60. The molecule has 0 unspecified atom stereocenters. The lowest BCUT2D eigenvalue weighted by molar-refractivity contribution is 0.0602. The van der Waals surface area contributed by atoms with Gasteiger partial charge in [0, 0.05) is 13.1 Å². The number of methoxy groups -OCH3 is 1. The zero-order valence-corrected chi connectivity index (χ0v) is 14.1. The van der Waals surface area contributed by atoms with Crippen LogP contribution in [0.4, 0.5) is 0 Å². The number of carbonyl (C=O) groups excluding carboxylic acids is 1. The highest BCUT2D eigenvalue weighted by Crippen LogP contribution is 2.30. The van der Waals surface area contributed by atoms with Gasteiger partial charge in [-0.25, -0.2) is 13.2 Å². The molecule has 1 aromatic carbocycles. The monoisotopic (exact) mass is 339 g/mol. The molecule has 0 radical (unpaired) electrons. The Morgan fingerprint density at radius 3 is 2.45 bits per heavy atom. The molecule has 0 aliphatic rings. The molecule has 1 heterocycles. The van der Waals surface area contributed by atoms with Crippen molar-refractivity contribution < 1.29 is 17.9 Å². The number of esters is 1. The molecule has 118 valence electrons. The minimum Gasteiger partial charge on any atom is -0.465 e. The second-order valence-electron chi connectivity index (χ2n) is 4.71. The van der Waals surface area contributed by atoms with E-state index in [0.29, 0.717) is 0 Å². The van der Waals surface area contributed by atoms with Crippen LogP contribution in [-0.4, -0.2) is 32.8 Å². The second kappa shape index (κ2) is 6.60. The van der Waals surface area contributed by atoms with Gasteiger partial charge in [0.1, 0.15) is 9.77 Å². The van der Waals surface area contributed by atoms with E-state index in [1.165, 1.54) is 24.5 Å². The van der Waals surface area contributed by atoms with Crippen LogP contribution >= 0.6 is 11.3 Å². The van der Waals surface area contributed by atoms with E-state index in [-0.39, 0.29) is 15.8 Å². The van der Waals surface area contributed by atoms with Crippen molar-refractivity contribution in [2.24, 2.45) is 0 Å². The molecule has 1 aromatic heterocycles. The molecule has 2 aromatic rings. The average molecular weight is 339 g/mol. The minimum atomic E-state index is -3.79. The Hall–Kier alpha value is -1.70. The van der Waals surface area contributed by atoms with Crippen molar-refractivity contribution in [1.29, 1.82) is 0 Å². The fourth-order valence-corrected chi connectivity index (χ4v) is 4.70. The molecule has 5 nitrogen and oxygen atoms in total. The molecule has 0 N–H and O–H groups in total. The van der Waals surface area contributed by atoms with Gasteiger partial charge in [-0.15, -0.1) is 11.3 Å². The first kappa shape index (κ1) is 16.7. The molecule has 0 bridgehead atoms. The minimum absolute atomic E-state index is 0.0189. The van der Waals surface area contributed by atoms with Gasteiger partial charge in [-0.2, -0.15) is 4.31 Å². The van der Waals surface area contributed by atoms with E-state index in [4.69, 9.17) is 0 Å². The summed E-state index contributed by atoms with van der Waals surface area (Å²) in [5.74, 6) is -0.644. The number of hydrogen-bond donors (Lipinski definition) is 0. The van der Waals surface area contributed by atoms with E-state index in [9.17, 15) is 13.2 Å². The van der Waals surface area contributed by atoms with Crippen LogP contribution in [0.25, 0.3) is 0 Å². The van der Waals surface area contributed by atoms with E-state index in [0.717, 1.165) is 16.9 Å². The predicted octanol–water partition coefficient (Wildman–Crippen LogP) is 2.92. The number of ether oxygens (including phenoxy) is 1. The molecule has 0 fully saturated rings. The lowest BCUT2D eigenvalue weighted by Gasteiger charge is -2.24. The lowest BCUT2D eigenvalue weighted by Crippen LogP contribution is -2.30. The van der Waals surface area contributed by atoms with Crippen LogP contribution in [0.1, 0.15) is 28.2 Å². The Kier molecular flexibility index (Phi) is 5.00. The Morgan fingerprint density at radius 1 is 1.23 bits per heavy atom. The molecular weight excluding hydrogens is 322 g/mol. The summed E-state index contributed by atoms with van der Waals surface area (Å²) in [6, 6.07) is 10.4. The first-order valence-electron chi connectivity index (χ1n) is 6.58. The Labute approximate surface area is 134 Å². The van der Waals surface area contributed by atoms with E-state index in [1.807, 2.05) is 30.3 Å². The number of benzene rings is 1. The average Bonchev–Trinajstić information content (AvgIpc) is 3.04. The number of nitrogens with zero attached hydrogens (tertiary/aromatic N) is 1. The zero-order valence-electron chi connectivity index (χ0n) is 12.5. The molecule has 7 heteroatoms. The van der Waals surface area contributed by atoms with E-state index in [1.54, 1.807) is 12.3 Å². The third kappa shape index (κ3) is 3.06. The van der Waals surface area contributed by atoms with Crippen LogP contribution in [-0.2, 0) is 14.8 Å². The van der Waals surface area contributed by atoms with Crippen LogP contribution in [0, 0.1) is 0 Å². The summed E-state index contributed by atoms with van der Waals surface area (Å²) in [5.41, 5.74) is 0.878. The summed E-state index contributed by atoms with van der Waals surface area (Å²) in [6.07, 6.45) is 0. The Balaban J connectivity index is 2.39. The lowest BCUT2D eigenvalue weighted by atomic mass is 10.1. The molecule has 0 aliphatic heterocycles. The summed E-state index contributed by atoms with van der Waals surface area (Å²) < 4.78 is 31.5. The van der Waals surface area contributed by atoms with Crippen molar-refractivity contribution >= 4 is 27.3 Å². The molecule has 0 saturated carbocycles. The van der Waals surface area contributed by atoms with Gasteiger partial charge in [-0.1, -0.05) is 30.3 Å². The molecule has 0 spiro atoms.